The van der Waals surface area contributed by atoms with Gasteiger partial charge in [0.25, 0.3) is 0 Å². The maximum absolute atomic E-state index is 10.9. The fourth-order valence-corrected chi connectivity index (χ4v) is 2.08. The largest absolute Gasteiger partial charge is 0.479 e. The van der Waals surface area contributed by atoms with Gasteiger partial charge in [0.05, 0.1) is 4.92 Å². The third kappa shape index (κ3) is 3.40. The van der Waals surface area contributed by atoms with E-state index in [-0.39, 0.29) is 29.6 Å². The van der Waals surface area contributed by atoms with Crippen LogP contribution in [0.1, 0.15) is 21.9 Å². The molecule has 2 aromatic rings. The normalized spacial score (nSPS) is 10.4. The number of carbonyl (C=O) groups is 1. The molecule has 7 nitrogen and oxygen atoms in total. The van der Waals surface area contributed by atoms with Crippen molar-refractivity contribution in [2.24, 2.45) is 0 Å². The van der Waals surface area contributed by atoms with E-state index in [0.29, 0.717) is 10.0 Å². The van der Waals surface area contributed by atoms with Crippen molar-refractivity contribution < 1.29 is 24.0 Å². The first-order valence-corrected chi connectivity index (χ1v) is 6.57. The number of carboxylic acid groups (broad SMARTS) is 1. The van der Waals surface area contributed by atoms with Gasteiger partial charge in [0.15, 0.2) is 5.75 Å². The van der Waals surface area contributed by atoms with E-state index in [1.165, 1.54) is 18.2 Å². The first-order chi connectivity index (χ1) is 9.88. The molecule has 0 aliphatic heterocycles. The number of hydrogen-bond acceptors (Lipinski definition) is 5. The molecule has 0 saturated heterocycles. The lowest BCUT2D eigenvalue weighted by atomic mass is 10.2. The molecule has 0 amide bonds. The average Bonchev–Trinajstić information content (AvgIpc) is 2.78. The number of aromatic carboxylic acids is 1. The first-order valence-electron chi connectivity index (χ1n) is 5.78. The van der Waals surface area contributed by atoms with Gasteiger partial charge in [-0.15, -0.1) is 0 Å². The second kappa shape index (κ2) is 5.96. The van der Waals surface area contributed by atoms with Crippen LogP contribution in [0.2, 0.25) is 0 Å². The summed E-state index contributed by atoms with van der Waals surface area (Å²) in [5, 5.41) is 19.8. The fraction of sp³-hybridized carbons (Fsp3) is 0.154. The van der Waals surface area contributed by atoms with Crippen LogP contribution in [-0.4, -0.2) is 16.0 Å². The average molecular weight is 356 g/mol. The minimum absolute atomic E-state index is 0.0779. The van der Waals surface area contributed by atoms with Crippen LogP contribution in [0.25, 0.3) is 0 Å². The summed E-state index contributed by atoms with van der Waals surface area (Å²) in [7, 11) is 0. The van der Waals surface area contributed by atoms with E-state index in [1.54, 1.807) is 13.0 Å². The highest BCUT2D eigenvalue weighted by molar-refractivity contribution is 9.10. The van der Waals surface area contributed by atoms with Gasteiger partial charge in [-0.1, -0.05) is 15.9 Å². The lowest BCUT2D eigenvalue weighted by Gasteiger charge is -2.05. The van der Waals surface area contributed by atoms with Gasteiger partial charge in [0.1, 0.15) is 12.4 Å². The topological polar surface area (TPSA) is 103 Å². The van der Waals surface area contributed by atoms with Crippen molar-refractivity contribution in [3.8, 4) is 5.75 Å². The Morgan fingerprint density at radius 2 is 2.19 bits per heavy atom. The van der Waals surface area contributed by atoms with Crippen LogP contribution in [0.5, 0.6) is 5.75 Å². The van der Waals surface area contributed by atoms with Crippen molar-refractivity contribution in [3.63, 3.8) is 0 Å². The highest BCUT2D eigenvalue weighted by atomic mass is 79.9. The molecule has 0 bridgehead atoms. The Hall–Kier alpha value is -2.35. The zero-order valence-electron chi connectivity index (χ0n) is 10.8. The third-order valence-electron chi connectivity index (χ3n) is 2.65. The van der Waals surface area contributed by atoms with E-state index in [1.807, 2.05) is 0 Å². The minimum Gasteiger partial charge on any atom is -0.479 e. The van der Waals surface area contributed by atoms with Crippen molar-refractivity contribution in [2.45, 2.75) is 13.5 Å². The van der Waals surface area contributed by atoms with E-state index in [0.717, 1.165) is 0 Å². The van der Waals surface area contributed by atoms with Crippen molar-refractivity contribution in [1.29, 1.82) is 0 Å². The Morgan fingerprint density at radius 1 is 1.48 bits per heavy atom. The summed E-state index contributed by atoms with van der Waals surface area (Å²) in [6.07, 6.45) is 0. The van der Waals surface area contributed by atoms with Crippen LogP contribution in [0.4, 0.5) is 5.69 Å². The zero-order chi connectivity index (χ0) is 15.6. The third-order valence-corrected chi connectivity index (χ3v) is 3.14. The Bertz CT molecular complexity index is 709. The summed E-state index contributed by atoms with van der Waals surface area (Å²) in [5.41, 5.74) is 0.275. The van der Waals surface area contributed by atoms with E-state index >= 15 is 0 Å². The molecule has 1 N–H and O–H groups in total. The molecule has 21 heavy (non-hydrogen) atoms. The summed E-state index contributed by atoms with van der Waals surface area (Å²) >= 11 is 3.15. The molecule has 0 radical (unpaired) electrons. The Balaban J connectivity index is 2.19. The number of halogens is 1. The highest BCUT2D eigenvalue weighted by Crippen LogP contribution is 2.31. The molecule has 1 aromatic carbocycles. The van der Waals surface area contributed by atoms with Gasteiger partial charge in [-0.3, -0.25) is 10.1 Å². The van der Waals surface area contributed by atoms with Crippen LogP contribution in [0.3, 0.4) is 0 Å². The molecule has 8 heteroatoms. The lowest BCUT2D eigenvalue weighted by molar-refractivity contribution is -0.386. The predicted octanol–water partition coefficient (Wildman–Crippen LogP) is 3.54. The van der Waals surface area contributed by atoms with E-state index in [9.17, 15) is 14.9 Å². The fourth-order valence-electron chi connectivity index (χ4n) is 1.74. The van der Waals surface area contributed by atoms with Crippen LogP contribution >= 0.6 is 15.9 Å². The second-order valence-electron chi connectivity index (χ2n) is 4.19. The van der Waals surface area contributed by atoms with Crippen molar-refractivity contribution in [1.82, 2.24) is 0 Å². The number of hydrogen-bond donors (Lipinski definition) is 1. The van der Waals surface area contributed by atoms with Gasteiger partial charge in [-0.2, -0.15) is 0 Å². The SMILES string of the molecule is Cc1cc(COc2ccc(Br)cc2[N+](=O)[O-])oc1C(=O)O. The number of nitro groups is 1. The minimum atomic E-state index is -1.17. The molecule has 0 spiro atoms. The number of nitrogens with zero attached hydrogens (tertiary/aromatic N) is 1. The monoisotopic (exact) mass is 355 g/mol. The standard InChI is InChI=1S/C13H10BrNO6/c1-7-4-9(21-12(7)13(16)17)6-20-11-3-2-8(14)5-10(11)15(18)19/h2-5H,6H2,1H3,(H,16,17). The van der Waals surface area contributed by atoms with Crippen LogP contribution < -0.4 is 4.74 Å². The first kappa shape index (κ1) is 15.0. The summed E-state index contributed by atoms with van der Waals surface area (Å²) in [5.74, 6) is -0.983. The van der Waals surface area contributed by atoms with Crippen molar-refractivity contribution >= 4 is 27.6 Å². The smallest absolute Gasteiger partial charge is 0.372 e. The number of ether oxygens (including phenoxy) is 1. The Labute approximate surface area is 127 Å². The van der Waals surface area contributed by atoms with Crippen LogP contribution in [0.15, 0.2) is 33.2 Å². The van der Waals surface area contributed by atoms with Gasteiger partial charge in [0, 0.05) is 16.1 Å². The molecule has 0 unspecified atom stereocenters. The molecule has 0 fully saturated rings. The maximum atomic E-state index is 10.9. The van der Waals surface area contributed by atoms with Crippen molar-refractivity contribution in [2.75, 3.05) is 0 Å². The molecular formula is C13H10BrNO6. The zero-order valence-corrected chi connectivity index (χ0v) is 12.4. The number of nitro benzene ring substituents is 1. The Morgan fingerprint density at radius 3 is 2.76 bits per heavy atom. The van der Waals surface area contributed by atoms with Gasteiger partial charge < -0.3 is 14.3 Å². The molecule has 1 heterocycles. The molecule has 0 atom stereocenters. The van der Waals surface area contributed by atoms with E-state index in [2.05, 4.69) is 15.9 Å². The molecule has 0 aliphatic rings. The molecule has 0 saturated carbocycles. The number of benzene rings is 1. The summed E-state index contributed by atoms with van der Waals surface area (Å²) in [6.45, 7) is 1.50. The molecular weight excluding hydrogens is 346 g/mol. The van der Waals surface area contributed by atoms with Gasteiger partial charge >= 0.3 is 11.7 Å². The highest BCUT2D eigenvalue weighted by Gasteiger charge is 2.18. The van der Waals surface area contributed by atoms with Gasteiger partial charge in [0.2, 0.25) is 5.76 Å². The van der Waals surface area contributed by atoms with E-state index in [4.69, 9.17) is 14.3 Å². The van der Waals surface area contributed by atoms with Crippen LogP contribution in [-0.2, 0) is 6.61 Å². The van der Waals surface area contributed by atoms with Gasteiger partial charge in [-0.05, 0) is 25.1 Å². The molecule has 2 rings (SSSR count). The molecule has 1 aromatic heterocycles. The lowest BCUT2D eigenvalue weighted by Crippen LogP contribution is -1.98. The van der Waals surface area contributed by atoms with E-state index < -0.39 is 10.9 Å². The summed E-state index contributed by atoms with van der Waals surface area (Å²) in [6, 6.07) is 5.91. The number of aryl methyl sites for hydroxylation is 1. The second-order valence-corrected chi connectivity index (χ2v) is 5.10. The quantitative estimate of drug-likeness (QED) is 0.649. The van der Waals surface area contributed by atoms with Crippen LogP contribution in [0, 0.1) is 17.0 Å². The summed E-state index contributed by atoms with van der Waals surface area (Å²) < 4.78 is 11.0. The summed E-state index contributed by atoms with van der Waals surface area (Å²) in [4.78, 5) is 21.2. The molecule has 0 aliphatic carbocycles. The number of furan rings is 1. The maximum Gasteiger partial charge on any atom is 0.372 e. The Kier molecular flexibility index (Phi) is 4.27. The predicted molar refractivity (Wildman–Crippen MR) is 75.5 cm³/mol. The van der Waals surface area contributed by atoms with Gasteiger partial charge in [-0.25, -0.2) is 4.79 Å². The molecule has 110 valence electrons. The number of carboxylic acids is 1. The van der Waals surface area contributed by atoms with Crippen molar-refractivity contribution in [3.05, 3.63) is 55.9 Å². The number of rotatable bonds is 5.